The van der Waals surface area contributed by atoms with Gasteiger partial charge in [0.2, 0.25) is 0 Å². The molecule has 0 aliphatic heterocycles. The topological polar surface area (TPSA) is 78.4 Å². The van der Waals surface area contributed by atoms with E-state index in [4.69, 9.17) is 5.11 Å². The van der Waals surface area contributed by atoms with E-state index in [1.165, 1.54) is 6.42 Å². The number of aliphatic carboxylic acids is 1. The molecule has 19 heavy (non-hydrogen) atoms. The van der Waals surface area contributed by atoms with Crippen LogP contribution in [-0.2, 0) is 4.79 Å². The van der Waals surface area contributed by atoms with Crippen molar-refractivity contribution in [2.24, 2.45) is 5.92 Å². The van der Waals surface area contributed by atoms with Crippen LogP contribution in [0.15, 0.2) is 0 Å². The molecule has 110 valence electrons. The zero-order valence-corrected chi connectivity index (χ0v) is 11.9. The van der Waals surface area contributed by atoms with Crippen LogP contribution in [-0.4, -0.2) is 29.2 Å². The first-order chi connectivity index (χ1) is 9.08. The highest BCUT2D eigenvalue weighted by Crippen LogP contribution is 2.26. The maximum absolute atomic E-state index is 11.9. The predicted molar refractivity (Wildman–Crippen MR) is 74.0 cm³/mol. The summed E-state index contributed by atoms with van der Waals surface area (Å²) in [5.74, 6) is -0.443. The van der Waals surface area contributed by atoms with Crippen LogP contribution < -0.4 is 10.6 Å². The highest BCUT2D eigenvalue weighted by Gasteiger charge is 2.26. The Labute approximate surface area is 115 Å². The van der Waals surface area contributed by atoms with E-state index in [2.05, 4.69) is 17.6 Å². The molecule has 0 aromatic carbocycles. The molecular formula is C14H26N2O3. The molecule has 0 aromatic heterocycles. The van der Waals surface area contributed by atoms with Crippen molar-refractivity contribution in [3.63, 3.8) is 0 Å². The van der Waals surface area contributed by atoms with Gasteiger partial charge in [0.1, 0.15) is 6.04 Å². The third-order valence-electron chi connectivity index (χ3n) is 3.93. The molecule has 0 heterocycles. The lowest BCUT2D eigenvalue weighted by molar-refractivity contribution is -0.139. The van der Waals surface area contributed by atoms with Gasteiger partial charge in [-0.1, -0.05) is 39.5 Å². The second kappa shape index (κ2) is 8.02. The van der Waals surface area contributed by atoms with E-state index in [1.807, 2.05) is 6.92 Å². The van der Waals surface area contributed by atoms with Crippen molar-refractivity contribution in [1.82, 2.24) is 10.6 Å². The van der Waals surface area contributed by atoms with Crippen LogP contribution in [0.5, 0.6) is 0 Å². The van der Waals surface area contributed by atoms with Crippen LogP contribution in [0, 0.1) is 5.92 Å². The number of hydrogen-bond acceptors (Lipinski definition) is 2. The Morgan fingerprint density at radius 3 is 2.53 bits per heavy atom. The van der Waals surface area contributed by atoms with Crippen LogP contribution in [0.1, 0.15) is 58.8 Å². The monoisotopic (exact) mass is 270 g/mol. The molecule has 0 spiro atoms. The number of carboxylic acids is 1. The minimum Gasteiger partial charge on any atom is -0.480 e. The first-order valence-electron chi connectivity index (χ1n) is 7.38. The first-order valence-corrected chi connectivity index (χ1v) is 7.38. The van der Waals surface area contributed by atoms with Crippen LogP contribution in [0.3, 0.4) is 0 Å². The Balaban J connectivity index is 2.46. The number of urea groups is 1. The largest absolute Gasteiger partial charge is 0.480 e. The summed E-state index contributed by atoms with van der Waals surface area (Å²) in [5, 5.41) is 14.5. The molecule has 0 radical (unpaired) electrons. The number of nitrogens with one attached hydrogen (secondary N) is 2. The number of carbonyl (C=O) groups is 2. The van der Waals surface area contributed by atoms with Crippen LogP contribution >= 0.6 is 0 Å². The fraction of sp³-hybridized carbons (Fsp3) is 0.857. The lowest BCUT2D eigenvalue weighted by Crippen LogP contribution is -2.51. The Bertz CT molecular complexity index is 307. The first kappa shape index (κ1) is 15.8. The number of hydrogen-bond donors (Lipinski definition) is 3. The quantitative estimate of drug-likeness (QED) is 0.694. The minimum absolute atomic E-state index is 0.190. The zero-order valence-electron chi connectivity index (χ0n) is 11.9. The van der Waals surface area contributed by atoms with Gasteiger partial charge in [0, 0.05) is 6.04 Å². The van der Waals surface area contributed by atoms with Crippen LogP contribution in [0.4, 0.5) is 4.79 Å². The summed E-state index contributed by atoms with van der Waals surface area (Å²) >= 11 is 0. The van der Waals surface area contributed by atoms with Gasteiger partial charge < -0.3 is 15.7 Å². The van der Waals surface area contributed by atoms with Gasteiger partial charge in [-0.25, -0.2) is 9.59 Å². The highest BCUT2D eigenvalue weighted by atomic mass is 16.4. The molecule has 1 aliphatic carbocycles. The number of carboxylic acid groups (broad SMARTS) is 1. The van der Waals surface area contributed by atoms with Crippen molar-refractivity contribution in [3.05, 3.63) is 0 Å². The van der Waals surface area contributed by atoms with Crippen molar-refractivity contribution in [3.8, 4) is 0 Å². The van der Waals surface area contributed by atoms with E-state index in [1.54, 1.807) is 0 Å². The Hall–Kier alpha value is -1.26. The van der Waals surface area contributed by atoms with E-state index in [9.17, 15) is 9.59 Å². The second-order valence-electron chi connectivity index (χ2n) is 5.36. The van der Waals surface area contributed by atoms with Gasteiger partial charge in [0.15, 0.2) is 0 Å². The molecule has 1 rings (SSSR count). The normalized spacial score (nSPS) is 24.5. The Morgan fingerprint density at radius 1 is 1.26 bits per heavy atom. The number of carbonyl (C=O) groups excluding carboxylic acids is 1. The number of amides is 2. The number of rotatable bonds is 6. The van der Waals surface area contributed by atoms with Crippen molar-refractivity contribution in [1.29, 1.82) is 0 Å². The highest BCUT2D eigenvalue weighted by molar-refractivity contribution is 5.82. The molecule has 3 unspecified atom stereocenters. The molecule has 0 aromatic rings. The summed E-state index contributed by atoms with van der Waals surface area (Å²) in [5.41, 5.74) is 0. The molecule has 3 atom stereocenters. The van der Waals surface area contributed by atoms with Gasteiger partial charge in [-0.15, -0.1) is 0 Å². The standard InChI is InChI=1S/C14H26N2O3/c1-3-7-12(13(17)18)16-14(19)15-11-9-6-5-8-10(11)4-2/h10-12H,3-9H2,1-2H3,(H,17,18)(H2,15,16,19). The molecule has 5 heteroatoms. The van der Waals surface area contributed by atoms with Crippen molar-refractivity contribution in [2.75, 3.05) is 0 Å². The SMILES string of the molecule is CCCC(NC(=O)NC1CCCCC1CC)C(=O)O. The van der Waals surface area contributed by atoms with Crippen molar-refractivity contribution in [2.45, 2.75) is 70.9 Å². The van der Waals surface area contributed by atoms with Crippen molar-refractivity contribution >= 4 is 12.0 Å². The van der Waals surface area contributed by atoms with Gasteiger partial charge >= 0.3 is 12.0 Å². The van der Waals surface area contributed by atoms with Gasteiger partial charge in [-0.05, 0) is 25.2 Å². The lowest BCUT2D eigenvalue weighted by Gasteiger charge is -2.31. The summed E-state index contributed by atoms with van der Waals surface area (Å²) in [7, 11) is 0. The smallest absolute Gasteiger partial charge is 0.326 e. The average Bonchev–Trinajstić information content (AvgIpc) is 2.38. The molecule has 5 nitrogen and oxygen atoms in total. The van der Waals surface area contributed by atoms with E-state index >= 15 is 0 Å². The minimum atomic E-state index is -0.965. The molecule has 1 aliphatic rings. The van der Waals surface area contributed by atoms with Gasteiger partial charge in [0.05, 0.1) is 0 Å². The average molecular weight is 270 g/mol. The van der Waals surface area contributed by atoms with Gasteiger partial charge in [-0.2, -0.15) is 0 Å². The van der Waals surface area contributed by atoms with Gasteiger partial charge in [0.25, 0.3) is 0 Å². The fourth-order valence-corrected chi connectivity index (χ4v) is 2.80. The summed E-state index contributed by atoms with van der Waals surface area (Å²) in [6.07, 6.45) is 6.77. The van der Waals surface area contributed by atoms with E-state index in [0.717, 1.165) is 32.1 Å². The Kier molecular flexibility index (Phi) is 6.67. The Morgan fingerprint density at radius 2 is 1.95 bits per heavy atom. The van der Waals surface area contributed by atoms with Crippen LogP contribution in [0.2, 0.25) is 0 Å². The van der Waals surface area contributed by atoms with E-state index in [0.29, 0.717) is 12.3 Å². The predicted octanol–water partition coefficient (Wildman–Crippen LogP) is 2.51. The molecule has 3 N–H and O–H groups in total. The molecule has 1 saturated carbocycles. The fourth-order valence-electron chi connectivity index (χ4n) is 2.80. The summed E-state index contributed by atoms with van der Waals surface area (Å²) < 4.78 is 0. The molecule has 2 amide bonds. The van der Waals surface area contributed by atoms with Gasteiger partial charge in [-0.3, -0.25) is 0 Å². The second-order valence-corrected chi connectivity index (χ2v) is 5.36. The van der Waals surface area contributed by atoms with E-state index in [-0.39, 0.29) is 12.1 Å². The van der Waals surface area contributed by atoms with E-state index < -0.39 is 12.0 Å². The maximum Gasteiger partial charge on any atom is 0.326 e. The molecule has 0 saturated heterocycles. The molecular weight excluding hydrogens is 244 g/mol. The van der Waals surface area contributed by atoms with Crippen molar-refractivity contribution < 1.29 is 14.7 Å². The van der Waals surface area contributed by atoms with Crippen LogP contribution in [0.25, 0.3) is 0 Å². The summed E-state index contributed by atoms with van der Waals surface area (Å²) in [6.45, 7) is 4.05. The third kappa shape index (κ3) is 5.09. The zero-order chi connectivity index (χ0) is 14.3. The third-order valence-corrected chi connectivity index (χ3v) is 3.93. The molecule has 1 fully saturated rings. The summed E-state index contributed by atoms with van der Waals surface area (Å²) in [6, 6.07) is -0.935. The maximum atomic E-state index is 11.9. The summed E-state index contributed by atoms with van der Waals surface area (Å²) in [4.78, 5) is 22.9. The lowest BCUT2D eigenvalue weighted by atomic mass is 9.83. The molecule has 0 bridgehead atoms.